The number of amides is 2. The van der Waals surface area contributed by atoms with Gasteiger partial charge in [-0.3, -0.25) is 4.79 Å². The second kappa shape index (κ2) is 7.69. The molecule has 0 aromatic heterocycles. The first-order chi connectivity index (χ1) is 11.3. The molecular formula is C19H28N2O3. The first-order valence-electron chi connectivity index (χ1n) is 8.59. The smallest absolute Gasteiger partial charge is 0.410 e. The molecule has 1 aromatic rings. The maximum absolute atomic E-state index is 12.4. The lowest BCUT2D eigenvalue weighted by Crippen LogP contribution is -2.45. The van der Waals surface area contributed by atoms with Crippen LogP contribution >= 0.6 is 0 Å². The predicted octanol–water partition coefficient (Wildman–Crippen LogP) is 3.51. The van der Waals surface area contributed by atoms with Crippen LogP contribution in [0.1, 0.15) is 52.1 Å². The molecule has 24 heavy (non-hydrogen) atoms. The van der Waals surface area contributed by atoms with E-state index in [2.05, 4.69) is 5.32 Å². The number of nitrogens with one attached hydrogen (secondary N) is 1. The van der Waals surface area contributed by atoms with Gasteiger partial charge in [0.2, 0.25) is 5.91 Å². The zero-order valence-corrected chi connectivity index (χ0v) is 15.0. The highest BCUT2D eigenvalue weighted by Crippen LogP contribution is 2.21. The van der Waals surface area contributed by atoms with E-state index in [0.717, 1.165) is 5.56 Å². The molecule has 2 amide bonds. The minimum atomic E-state index is -0.490. The molecule has 2 rings (SSSR count). The Kier molecular flexibility index (Phi) is 5.86. The van der Waals surface area contributed by atoms with Gasteiger partial charge in [-0.05, 0) is 46.1 Å². The molecule has 1 fully saturated rings. The molecule has 1 heterocycles. The molecule has 1 N–H and O–H groups in total. The lowest BCUT2D eigenvalue weighted by Gasteiger charge is -2.33. The lowest BCUT2D eigenvalue weighted by molar-refractivity contribution is -0.127. The Morgan fingerprint density at radius 3 is 2.29 bits per heavy atom. The van der Waals surface area contributed by atoms with Gasteiger partial charge in [0.25, 0.3) is 0 Å². The molecule has 1 aliphatic heterocycles. The van der Waals surface area contributed by atoms with Crippen molar-refractivity contribution in [3.05, 3.63) is 35.9 Å². The minimum Gasteiger partial charge on any atom is -0.444 e. The summed E-state index contributed by atoms with van der Waals surface area (Å²) in [6.07, 6.45) is 1.05. The van der Waals surface area contributed by atoms with Gasteiger partial charge in [0.1, 0.15) is 5.60 Å². The summed E-state index contributed by atoms with van der Waals surface area (Å²) in [5.74, 6) is 0.0186. The molecule has 0 bridgehead atoms. The Hall–Kier alpha value is -2.04. The predicted molar refractivity (Wildman–Crippen MR) is 93.5 cm³/mol. The van der Waals surface area contributed by atoms with E-state index >= 15 is 0 Å². The minimum absolute atomic E-state index is 0.0115. The van der Waals surface area contributed by atoms with E-state index < -0.39 is 5.60 Å². The first-order valence-corrected chi connectivity index (χ1v) is 8.59. The van der Waals surface area contributed by atoms with Crippen molar-refractivity contribution in [2.24, 2.45) is 5.92 Å². The summed E-state index contributed by atoms with van der Waals surface area (Å²) in [4.78, 5) is 26.2. The van der Waals surface area contributed by atoms with Crippen molar-refractivity contribution in [1.29, 1.82) is 0 Å². The largest absolute Gasteiger partial charge is 0.444 e. The molecule has 0 aliphatic carbocycles. The second-order valence-corrected chi connectivity index (χ2v) is 7.38. The molecular weight excluding hydrogens is 304 g/mol. The van der Waals surface area contributed by atoms with Crippen molar-refractivity contribution in [2.45, 2.75) is 52.2 Å². The summed E-state index contributed by atoms with van der Waals surface area (Å²) in [5.41, 5.74) is 0.605. The van der Waals surface area contributed by atoms with Crippen molar-refractivity contribution in [3.8, 4) is 0 Å². The van der Waals surface area contributed by atoms with Gasteiger partial charge in [0, 0.05) is 19.0 Å². The van der Waals surface area contributed by atoms with Crippen molar-refractivity contribution in [3.63, 3.8) is 0 Å². The number of nitrogens with zero attached hydrogens (tertiary/aromatic N) is 1. The molecule has 1 aliphatic rings. The summed E-state index contributed by atoms with van der Waals surface area (Å²) in [7, 11) is 0. The third-order valence-electron chi connectivity index (χ3n) is 4.18. The lowest BCUT2D eigenvalue weighted by atomic mass is 9.95. The standard InChI is InChI=1S/C19H28N2O3/c1-14(15-8-6-5-7-9-15)20-17(22)16-10-12-21(13-11-16)18(23)24-19(2,3)4/h5-9,14,16H,10-13H2,1-4H3,(H,20,22). The highest BCUT2D eigenvalue weighted by molar-refractivity contribution is 5.79. The molecule has 1 saturated heterocycles. The maximum Gasteiger partial charge on any atom is 0.410 e. The summed E-state index contributed by atoms with van der Waals surface area (Å²) in [5, 5.41) is 3.07. The van der Waals surface area contributed by atoms with E-state index in [0.29, 0.717) is 25.9 Å². The number of rotatable bonds is 3. The van der Waals surface area contributed by atoms with Crippen LogP contribution in [0, 0.1) is 5.92 Å². The van der Waals surface area contributed by atoms with Crippen molar-refractivity contribution < 1.29 is 14.3 Å². The number of benzene rings is 1. The van der Waals surface area contributed by atoms with Crippen LogP contribution in [0.25, 0.3) is 0 Å². The Balaban J connectivity index is 1.81. The maximum atomic E-state index is 12.4. The molecule has 5 nitrogen and oxygen atoms in total. The summed E-state index contributed by atoms with van der Waals surface area (Å²) in [6, 6.07) is 9.91. The Morgan fingerprint density at radius 1 is 1.17 bits per heavy atom. The van der Waals surface area contributed by atoms with Crippen LogP contribution in [-0.2, 0) is 9.53 Å². The monoisotopic (exact) mass is 332 g/mol. The topological polar surface area (TPSA) is 58.6 Å². The van der Waals surface area contributed by atoms with Crippen LogP contribution in [0.5, 0.6) is 0 Å². The molecule has 0 radical (unpaired) electrons. The van der Waals surface area contributed by atoms with Crippen molar-refractivity contribution in [2.75, 3.05) is 13.1 Å². The molecule has 1 aromatic carbocycles. The zero-order chi connectivity index (χ0) is 17.7. The second-order valence-electron chi connectivity index (χ2n) is 7.38. The highest BCUT2D eigenvalue weighted by Gasteiger charge is 2.30. The Labute approximate surface area is 144 Å². The van der Waals surface area contributed by atoms with Gasteiger partial charge in [-0.15, -0.1) is 0 Å². The van der Waals surface area contributed by atoms with Gasteiger partial charge >= 0.3 is 6.09 Å². The summed E-state index contributed by atoms with van der Waals surface area (Å²) in [6.45, 7) is 8.69. The first kappa shape index (κ1) is 18.3. The molecule has 0 spiro atoms. The van der Waals surface area contributed by atoms with Gasteiger partial charge < -0.3 is 15.0 Å². The van der Waals surface area contributed by atoms with Crippen molar-refractivity contribution in [1.82, 2.24) is 10.2 Å². The Morgan fingerprint density at radius 2 is 1.75 bits per heavy atom. The fourth-order valence-electron chi connectivity index (χ4n) is 2.81. The SMILES string of the molecule is CC(NC(=O)C1CCN(C(=O)OC(C)(C)C)CC1)c1ccccc1. The normalized spacial score (nSPS) is 17.2. The van der Waals surface area contributed by atoms with E-state index in [1.807, 2.05) is 58.0 Å². The van der Waals surface area contributed by atoms with Gasteiger partial charge in [0.15, 0.2) is 0 Å². The molecule has 5 heteroatoms. The fraction of sp³-hybridized carbons (Fsp3) is 0.579. The van der Waals surface area contributed by atoms with Gasteiger partial charge in [-0.2, -0.15) is 0 Å². The van der Waals surface area contributed by atoms with E-state index in [1.54, 1.807) is 4.90 Å². The zero-order valence-electron chi connectivity index (χ0n) is 15.0. The number of ether oxygens (including phenoxy) is 1. The molecule has 0 saturated carbocycles. The molecule has 132 valence electrons. The number of hydrogen-bond acceptors (Lipinski definition) is 3. The highest BCUT2D eigenvalue weighted by atomic mass is 16.6. The number of carbonyl (C=O) groups excluding carboxylic acids is 2. The summed E-state index contributed by atoms with van der Waals surface area (Å²) < 4.78 is 5.38. The third kappa shape index (κ3) is 5.25. The van der Waals surface area contributed by atoms with Crippen LogP contribution in [0.4, 0.5) is 4.79 Å². The van der Waals surface area contributed by atoms with Crippen molar-refractivity contribution >= 4 is 12.0 Å². The van der Waals surface area contributed by atoms with E-state index in [1.165, 1.54) is 0 Å². The quantitative estimate of drug-likeness (QED) is 0.921. The fourth-order valence-corrected chi connectivity index (χ4v) is 2.81. The van der Waals surface area contributed by atoms with E-state index in [4.69, 9.17) is 4.74 Å². The van der Waals surface area contributed by atoms with E-state index in [9.17, 15) is 9.59 Å². The van der Waals surface area contributed by atoms with Crippen LogP contribution in [-0.4, -0.2) is 35.6 Å². The number of likely N-dealkylation sites (tertiary alicyclic amines) is 1. The third-order valence-corrected chi connectivity index (χ3v) is 4.18. The Bertz CT molecular complexity index is 558. The average molecular weight is 332 g/mol. The van der Waals surface area contributed by atoms with Crippen LogP contribution < -0.4 is 5.32 Å². The number of hydrogen-bond donors (Lipinski definition) is 1. The van der Waals surface area contributed by atoms with E-state index in [-0.39, 0.29) is 24.0 Å². The average Bonchev–Trinajstić information content (AvgIpc) is 2.54. The van der Waals surface area contributed by atoms with Crippen LogP contribution in [0.15, 0.2) is 30.3 Å². The molecule has 1 atom stereocenters. The van der Waals surface area contributed by atoms with Crippen LogP contribution in [0.2, 0.25) is 0 Å². The van der Waals surface area contributed by atoms with Gasteiger partial charge in [0.05, 0.1) is 6.04 Å². The number of piperidine rings is 1. The van der Waals surface area contributed by atoms with Crippen LogP contribution in [0.3, 0.4) is 0 Å². The molecule has 1 unspecified atom stereocenters. The van der Waals surface area contributed by atoms with Gasteiger partial charge in [-0.1, -0.05) is 30.3 Å². The summed E-state index contributed by atoms with van der Waals surface area (Å²) >= 11 is 0. The number of carbonyl (C=O) groups is 2. The van der Waals surface area contributed by atoms with Gasteiger partial charge in [-0.25, -0.2) is 4.79 Å².